The van der Waals surface area contributed by atoms with E-state index in [1.165, 1.54) is 20.9 Å². The second-order valence-electron chi connectivity index (χ2n) is 9.20. The number of pyridine rings is 1. The van der Waals surface area contributed by atoms with Gasteiger partial charge < -0.3 is 14.4 Å². The van der Waals surface area contributed by atoms with E-state index in [4.69, 9.17) is 24.3 Å². The highest BCUT2D eigenvalue weighted by molar-refractivity contribution is 7.19. The molecule has 4 aromatic heterocycles. The second kappa shape index (κ2) is 12.6. The Morgan fingerprint density at radius 2 is 1.95 bits per heavy atom. The minimum Gasteiger partial charge on any atom is -0.479 e. The number of hydrogen-bond acceptors (Lipinski definition) is 11. The summed E-state index contributed by atoms with van der Waals surface area (Å²) in [7, 11) is 3.16. The molecule has 6 rings (SSSR count). The van der Waals surface area contributed by atoms with E-state index in [1.807, 2.05) is 37.4 Å². The van der Waals surface area contributed by atoms with Crippen molar-refractivity contribution in [2.45, 2.75) is 40.3 Å². The zero-order valence-corrected chi connectivity index (χ0v) is 24.9. The molecule has 0 unspecified atom stereocenters. The predicted octanol–water partition coefficient (Wildman–Crippen LogP) is 5.53. The van der Waals surface area contributed by atoms with Crippen LogP contribution in [0.2, 0.25) is 0 Å². The topological polar surface area (TPSA) is 84.9 Å². The molecule has 208 valence electrons. The molecule has 11 heteroatoms. The number of morpholine rings is 1. The van der Waals surface area contributed by atoms with Gasteiger partial charge in [-0.15, -0.1) is 22.7 Å². The normalized spacial score (nSPS) is 15.6. The summed E-state index contributed by atoms with van der Waals surface area (Å²) in [4.78, 5) is 27.5. The molecule has 1 N–H and O–H groups in total. The molecule has 0 bridgehead atoms. The van der Waals surface area contributed by atoms with Gasteiger partial charge in [-0.3, -0.25) is 15.2 Å². The van der Waals surface area contributed by atoms with E-state index in [0.29, 0.717) is 24.8 Å². The summed E-state index contributed by atoms with van der Waals surface area (Å²) in [5.41, 5.74) is 9.06. The number of rotatable bonds is 7. The zero-order valence-electron chi connectivity index (χ0n) is 23.2. The van der Waals surface area contributed by atoms with Crippen molar-refractivity contribution in [1.29, 1.82) is 0 Å². The molecule has 1 saturated heterocycles. The maximum atomic E-state index is 5.60. The average Bonchev–Trinajstić information content (AvgIpc) is 3.58. The van der Waals surface area contributed by atoms with E-state index in [0.717, 1.165) is 66.6 Å². The maximum absolute atomic E-state index is 5.60. The van der Waals surface area contributed by atoms with Crippen LogP contribution in [0.25, 0.3) is 21.5 Å². The first-order valence-electron chi connectivity index (χ1n) is 13.4. The molecule has 39 heavy (non-hydrogen) atoms. The van der Waals surface area contributed by atoms with E-state index in [9.17, 15) is 0 Å². The fourth-order valence-electron chi connectivity index (χ4n) is 5.00. The molecule has 0 radical (unpaired) electrons. The minimum atomic E-state index is 0.463. The standard InChI is InChI=1S/C26H30N6O3S2.C2H6/c1-16-19(15-31-6-4-21-17(14-31)5-11-36-21)23-24(37-16)22(28-26(29-23)32-7-9-35-10-8-32)18-12-20(30-34-3)25(33-2)27-13-18;1-2/h5,11-13,30H,4,6-10,14-15H2,1-3H3;1-2H3. The Kier molecular flexibility index (Phi) is 8.93. The number of aromatic nitrogens is 3. The largest absolute Gasteiger partial charge is 0.479 e. The first-order valence-corrected chi connectivity index (χ1v) is 15.1. The van der Waals surface area contributed by atoms with Crippen molar-refractivity contribution in [2.75, 3.05) is 57.4 Å². The van der Waals surface area contributed by atoms with E-state index in [2.05, 4.69) is 38.6 Å². The summed E-state index contributed by atoms with van der Waals surface area (Å²) in [6.45, 7) is 12.0. The lowest BCUT2D eigenvalue weighted by Crippen LogP contribution is -2.37. The molecule has 1 fully saturated rings. The number of thiophene rings is 2. The van der Waals surface area contributed by atoms with Crippen LogP contribution in [-0.2, 0) is 29.1 Å². The maximum Gasteiger partial charge on any atom is 0.239 e. The van der Waals surface area contributed by atoms with Crippen molar-refractivity contribution < 1.29 is 14.3 Å². The number of nitrogens with one attached hydrogen (secondary N) is 1. The van der Waals surface area contributed by atoms with Gasteiger partial charge in [0.2, 0.25) is 11.8 Å². The van der Waals surface area contributed by atoms with Gasteiger partial charge in [0, 0.05) is 59.8 Å². The quantitative estimate of drug-likeness (QED) is 0.289. The van der Waals surface area contributed by atoms with Gasteiger partial charge in [-0.25, -0.2) is 15.0 Å². The molecule has 4 aromatic rings. The van der Waals surface area contributed by atoms with Crippen molar-refractivity contribution in [3.63, 3.8) is 0 Å². The molecule has 0 atom stereocenters. The fourth-order valence-corrected chi connectivity index (χ4v) is 7.01. The highest BCUT2D eigenvalue weighted by Crippen LogP contribution is 2.40. The van der Waals surface area contributed by atoms with Crippen LogP contribution < -0.4 is 15.1 Å². The molecule has 0 aromatic carbocycles. The Bertz CT molecular complexity index is 1420. The third-order valence-corrected chi connectivity index (χ3v) is 9.08. The van der Waals surface area contributed by atoms with Crippen molar-refractivity contribution in [3.05, 3.63) is 44.6 Å². The number of methoxy groups -OCH3 is 1. The van der Waals surface area contributed by atoms with Crippen molar-refractivity contribution >= 4 is 44.5 Å². The van der Waals surface area contributed by atoms with Gasteiger partial charge >= 0.3 is 0 Å². The predicted molar refractivity (Wildman–Crippen MR) is 159 cm³/mol. The molecule has 2 aliphatic rings. The lowest BCUT2D eigenvalue weighted by molar-refractivity contribution is 0.122. The monoisotopic (exact) mass is 568 g/mol. The van der Waals surface area contributed by atoms with Crippen LogP contribution in [-0.4, -0.2) is 66.9 Å². The molecular weight excluding hydrogens is 532 g/mol. The summed E-state index contributed by atoms with van der Waals surface area (Å²) < 4.78 is 12.1. The molecule has 2 aliphatic heterocycles. The minimum absolute atomic E-state index is 0.463. The van der Waals surface area contributed by atoms with E-state index in [1.54, 1.807) is 25.6 Å². The lowest BCUT2D eigenvalue weighted by atomic mass is 10.1. The van der Waals surface area contributed by atoms with Crippen LogP contribution in [0, 0.1) is 6.92 Å². The Morgan fingerprint density at radius 3 is 2.72 bits per heavy atom. The highest BCUT2D eigenvalue weighted by Gasteiger charge is 2.25. The van der Waals surface area contributed by atoms with Gasteiger partial charge in [0.15, 0.2) is 0 Å². The van der Waals surface area contributed by atoms with Crippen LogP contribution in [0.5, 0.6) is 5.88 Å². The number of anilines is 2. The third kappa shape index (κ3) is 5.73. The number of ether oxygens (including phenoxy) is 2. The van der Waals surface area contributed by atoms with E-state index >= 15 is 0 Å². The Morgan fingerprint density at radius 1 is 1.13 bits per heavy atom. The second-order valence-corrected chi connectivity index (χ2v) is 11.4. The first-order chi connectivity index (χ1) is 19.1. The number of nitrogens with zero attached hydrogens (tertiary/aromatic N) is 5. The lowest BCUT2D eigenvalue weighted by Gasteiger charge is -2.28. The molecule has 0 spiro atoms. The molecule has 9 nitrogen and oxygen atoms in total. The smallest absolute Gasteiger partial charge is 0.239 e. The number of aryl methyl sites for hydroxylation is 1. The molecule has 0 amide bonds. The van der Waals surface area contributed by atoms with Crippen LogP contribution in [0.15, 0.2) is 23.7 Å². The van der Waals surface area contributed by atoms with Crippen molar-refractivity contribution in [2.24, 2.45) is 0 Å². The van der Waals surface area contributed by atoms with Gasteiger partial charge in [-0.05, 0) is 36.4 Å². The summed E-state index contributed by atoms with van der Waals surface area (Å²) in [5, 5.41) is 2.21. The Hall–Kier alpha value is -2.83. The molecule has 6 heterocycles. The zero-order chi connectivity index (χ0) is 27.4. The summed E-state index contributed by atoms with van der Waals surface area (Å²) in [5.74, 6) is 1.20. The summed E-state index contributed by atoms with van der Waals surface area (Å²) in [6.07, 6.45) is 2.92. The van der Waals surface area contributed by atoms with Gasteiger partial charge in [0.05, 0.1) is 43.3 Å². The van der Waals surface area contributed by atoms with Crippen molar-refractivity contribution in [3.8, 4) is 17.1 Å². The first kappa shape index (κ1) is 27.7. The molecule has 0 saturated carbocycles. The van der Waals surface area contributed by atoms with Gasteiger partial charge in [0.25, 0.3) is 0 Å². The SMILES string of the molecule is CC.CONc1cc(-c2nc(N3CCOCC3)nc3c(CN4CCc5sccc5C4)c(C)sc23)cnc1OC. The van der Waals surface area contributed by atoms with Crippen LogP contribution in [0.1, 0.15) is 34.7 Å². The summed E-state index contributed by atoms with van der Waals surface area (Å²) >= 11 is 3.63. The average molecular weight is 569 g/mol. The Labute approximate surface area is 237 Å². The number of fused-ring (bicyclic) bond motifs is 2. The molecule has 0 aliphatic carbocycles. The third-order valence-electron chi connectivity index (χ3n) is 6.91. The number of hydrogen-bond donors (Lipinski definition) is 1. The van der Waals surface area contributed by atoms with Crippen LogP contribution in [0.3, 0.4) is 0 Å². The van der Waals surface area contributed by atoms with Gasteiger partial charge in [-0.1, -0.05) is 13.8 Å². The van der Waals surface area contributed by atoms with E-state index in [-0.39, 0.29) is 0 Å². The Balaban J connectivity index is 0.00000151. The van der Waals surface area contributed by atoms with E-state index < -0.39 is 0 Å². The van der Waals surface area contributed by atoms with Crippen LogP contribution >= 0.6 is 22.7 Å². The van der Waals surface area contributed by atoms with Crippen LogP contribution in [0.4, 0.5) is 11.6 Å². The highest BCUT2D eigenvalue weighted by atomic mass is 32.1. The van der Waals surface area contributed by atoms with Gasteiger partial charge in [-0.2, -0.15) is 0 Å². The molecular formula is C28H36N6O3S2. The summed E-state index contributed by atoms with van der Waals surface area (Å²) in [6, 6.07) is 4.24. The fraction of sp³-hybridized carbons (Fsp3) is 0.464. The van der Waals surface area contributed by atoms with Crippen molar-refractivity contribution in [1.82, 2.24) is 19.9 Å². The van der Waals surface area contributed by atoms with Gasteiger partial charge in [0.1, 0.15) is 5.69 Å².